The van der Waals surface area contributed by atoms with E-state index in [4.69, 9.17) is 9.84 Å². The average molecular weight is 202 g/mol. The highest BCUT2D eigenvalue weighted by Gasteiger charge is 2.27. The minimum atomic E-state index is -0.778. The first-order valence-corrected chi connectivity index (χ1v) is 5.30. The van der Waals surface area contributed by atoms with Crippen LogP contribution in [0.1, 0.15) is 40.0 Å². The third kappa shape index (κ3) is 4.09. The minimum Gasteiger partial charge on any atom is -0.481 e. The molecule has 3 heteroatoms. The first kappa shape index (κ1) is 13.4. The fraction of sp³-hybridized carbons (Fsp3) is 0.909. The number of carboxylic acids is 1. The summed E-state index contributed by atoms with van der Waals surface area (Å²) >= 11 is 0. The second-order valence-electron chi connectivity index (χ2n) is 3.95. The molecule has 0 bridgehead atoms. The third-order valence-electron chi connectivity index (χ3n) is 2.73. The normalized spacial score (nSPS) is 17.4. The van der Waals surface area contributed by atoms with E-state index in [2.05, 4.69) is 13.8 Å². The zero-order valence-electron chi connectivity index (χ0n) is 9.62. The fourth-order valence-electron chi connectivity index (χ4n) is 1.76. The Labute approximate surface area is 86.5 Å². The third-order valence-corrected chi connectivity index (χ3v) is 2.73. The van der Waals surface area contributed by atoms with Gasteiger partial charge in [0.25, 0.3) is 0 Å². The quantitative estimate of drug-likeness (QED) is 0.690. The predicted molar refractivity (Wildman–Crippen MR) is 56.3 cm³/mol. The van der Waals surface area contributed by atoms with Gasteiger partial charge in [0, 0.05) is 7.11 Å². The Morgan fingerprint density at radius 1 is 1.43 bits per heavy atom. The predicted octanol–water partition coefficient (Wildman–Crippen LogP) is 2.55. The number of carbonyl (C=O) groups is 1. The van der Waals surface area contributed by atoms with Crippen LogP contribution in [0.25, 0.3) is 0 Å². The van der Waals surface area contributed by atoms with E-state index in [-0.39, 0.29) is 6.10 Å². The largest absolute Gasteiger partial charge is 0.481 e. The molecule has 0 saturated carbocycles. The van der Waals surface area contributed by atoms with Crippen molar-refractivity contribution in [3.05, 3.63) is 0 Å². The summed E-state index contributed by atoms with van der Waals surface area (Å²) in [5.74, 6) is -0.891. The highest BCUT2D eigenvalue weighted by Crippen LogP contribution is 2.21. The maximum Gasteiger partial charge on any atom is 0.308 e. The Hall–Kier alpha value is -0.570. The van der Waals surface area contributed by atoms with Crippen molar-refractivity contribution < 1.29 is 14.6 Å². The Kier molecular flexibility index (Phi) is 6.54. The zero-order chi connectivity index (χ0) is 11.1. The number of hydrogen-bond acceptors (Lipinski definition) is 2. The van der Waals surface area contributed by atoms with E-state index in [1.165, 1.54) is 0 Å². The highest BCUT2D eigenvalue weighted by atomic mass is 16.5. The Balaban J connectivity index is 4.17. The van der Waals surface area contributed by atoms with Crippen LogP contribution in [0, 0.1) is 11.8 Å². The molecule has 0 rings (SSSR count). The average Bonchev–Trinajstić information content (AvgIpc) is 2.15. The number of ether oxygens (including phenoxy) is 1. The number of unbranched alkanes of at least 4 members (excludes halogenated alkanes) is 1. The zero-order valence-corrected chi connectivity index (χ0v) is 9.62. The molecular weight excluding hydrogens is 180 g/mol. The first-order valence-electron chi connectivity index (χ1n) is 5.30. The Bertz CT molecular complexity index is 168. The highest BCUT2D eigenvalue weighted by molar-refractivity contribution is 5.70. The maximum absolute atomic E-state index is 10.8. The summed E-state index contributed by atoms with van der Waals surface area (Å²) in [5.41, 5.74) is 0. The molecule has 0 radical (unpaired) electrons. The second-order valence-corrected chi connectivity index (χ2v) is 3.95. The molecule has 0 spiro atoms. The van der Waals surface area contributed by atoms with Crippen molar-refractivity contribution in [1.82, 2.24) is 0 Å². The van der Waals surface area contributed by atoms with Crippen LogP contribution in [-0.4, -0.2) is 24.3 Å². The summed E-state index contributed by atoms with van der Waals surface area (Å²) in [6.07, 6.45) is 3.14. The van der Waals surface area contributed by atoms with Crippen LogP contribution in [0.3, 0.4) is 0 Å². The standard InChI is InChI=1S/C11H22O3/c1-5-6-7-8(2)10(14-4)9(3)11(12)13/h8-10H,5-7H2,1-4H3,(H,12,13). The van der Waals surface area contributed by atoms with E-state index in [0.29, 0.717) is 5.92 Å². The number of hydrogen-bond donors (Lipinski definition) is 1. The molecular formula is C11H22O3. The van der Waals surface area contributed by atoms with Gasteiger partial charge in [-0.25, -0.2) is 0 Å². The second kappa shape index (κ2) is 6.82. The molecule has 84 valence electrons. The van der Waals surface area contributed by atoms with Crippen LogP contribution in [0.15, 0.2) is 0 Å². The van der Waals surface area contributed by atoms with Crippen LogP contribution in [0.5, 0.6) is 0 Å². The van der Waals surface area contributed by atoms with Gasteiger partial charge in [0.2, 0.25) is 0 Å². The lowest BCUT2D eigenvalue weighted by Gasteiger charge is -2.25. The van der Waals surface area contributed by atoms with E-state index < -0.39 is 11.9 Å². The lowest BCUT2D eigenvalue weighted by molar-refractivity contribution is -0.147. The minimum absolute atomic E-state index is 0.168. The van der Waals surface area contributed by atoms with Gasteiger partial charge in [0.1, 0.15) is 0 Å². The number of aliphatic carboxylic acids is 1. The summed E-state index contributed by atoms with van der Waals surface area (Å²) in [7, 11) is 1.59. The molecule has 1 N–H and O–H groups in total. The monoisotopic (exact) mass is 202 g/mol. The molecule has 3 unspecified atom stereocenters. The van der Waals surface area contributed by atoms with E-state index >= 15 is 0 Å². The molecule has 0 aliphatic heterocycles. The van der Waals surface area contributed by atoms with Crippen molar-refractivity contribution >= 4 is 5.97 Å². The van der Waals surface area contributed by atoms with Gasteiger partial charge >= 0.3 is 5.97 Å². The van der Waals surface area contributed by atoms with Crippen LogP contribution < -0.4 is 0 Å². The Morgan fingerprint density at radius 3 is 2.36 bits per heavy atom. The summed E-state index contributed by atoms with van der Waals surface area (Å²) in [6, 6.07) is 0. The SMILES string of the molecule is CCCCC(C)C(OC)C(C)C(=O)O. The van der Waals surface area contributed by atoms with Gasteiger partial charge in [-0.05, 0) is 19.3 Å². The molecule has 0 aromatic carbocycles. The van der Waals surface area contributed by atoms with Crippen LogP contribution in [0.2, 0.25) is 0 Å². The van der Waals surface area contributed by atoms with E-state index in [9.17, 15) is 4.79 Å². The Morgan fingerprint density at radius 2 is 2.00 bits per heavy atom. The van der Waals surface area contributed by atoms with Crippen molar-refractivity contribution in [3.63, 3.8) is 0 Å². The van der Waals surface area contributed by atoms with Gasteiger partial charge in [-0.1, -0.05) is 26.7 Å². The fourth-order valence-corrected chi connectivity index (χ4v) is 1.76. The first-order chi connectivity index (χ1) is 6.54. The van der Waals surface area contributed by atoms with Gasteiger partial charge in [-0.3, -0.25) is 4.79 Å². The van der Waals surface area contributed by atoms with Crippen LogP contribution >= 0.6 is 0 Å². The van der Waals surface area contributed by atoms with Crippen molar-refractivity contribution in [2.75, 3.05) is 7.11 Å². The summed E-state index contributed by atoms with van der Waals surface area (Å²) in [5, 5.41) is 8.88. The van der Waals surface area contributed by atoms with E-state index in [0.717, 1.165) is 19.3 Å². The summed E-state index contributed by atoms with van der Waals surface area (Å²) in [6.45, 7) is 5.90. The van der Waals surface area contributed by atoms with E-state index in [1.807, 2.05) is 0 Å². The molecule has 0 aromatic rings. The molecule has 3 nitrogen and oxygen atoms in total. The molecule has 0 fully saturated rings. The number of carboxylic acid groups (broad SMARTS) is 1. The molecule has 3 atom stereocenters. The summed E-state index contributed by atoms with van der Waals surface area (Å²) in [4.78, 5) is 10.8. The van der Waals surface area contributed by atoms with Crippen molar-refractivity contribution in [1.29, 1.82) is 0 Å². The maximum atomic E-state index is 10.8. The van der Waals surface area contributed by atoms with Gasteiger partial charge < -0.3 is 9.84 Å². The van der Waals surface area contributed by atoms with Gasteiger partial charge in [0.05, 0.1) is 12.0 Å². The van der Waals surface area contributed by atoms with Crippen molar-refractivity contribution in [2.45, 2.75) is 46.1 Å². The number of methoxy groups -OCH3 is 1. The van der Waals surface area contributed by atoms with Gasteiger partial charge in [-0.2, -0.15) is 0 Å². The summed E-state index contributed by atoms with van der Waals surface area (Å²) < 4.78 is 5.25. The lowest BCUT2D eigenvalue weighted by Crippen LogP contribution is -2.33. The van der Waals surface area contributed by atoms with Gasteiger partial charge in [-0.15, -0.1) is 0 Å². The van der Waals surface area contributed by atoms with Crippen molar-refractivity contribution in [2.24, 2.45) is 11.8 Å². The molecule has 0 amide bonds. The van der Waals surface area contributed by atoms with Crippen LogP contribution in [0.4, 0.5) is 0 Å². The van der Waals surface area contributed by atoms with E-state index in [1.54, 1.807) is 14.0 Å². The molecule has 0 aliphatic rings. The number of rotatable bonds is 7. The smallest absolute Gasteiger partial charge is 0.308 e. The molecule has 0 aromatic heterocycles. The lowest BCUT2D eigenvalue weighted by atomic mass is 9.89. The molecule has 14 heavy (non-hydrogen) atoms. The van der Waals surface area contributed by atoms with Gasteiger partial charge in [0.15, 0.2) is 0 Å². The topological polar surface area (TPSA) is 46.5 Å². The molecule has 0 saturated heterocycles. The van der Waals surface area contributed by atoms with Crippen molar-refractivity contribution in [3.8, 4) is 0 Å². The van der Waals surface area contributed by atoms with Crippen LogP contribution in [-0.2, 0) is 9.53 Å². The molecule has 0 aliphatic carbocycles. The molecule has 0 heterocycles.